The monoisotopic (exact) mass is 184 g/mol. The Morgan fingerprint density at radius 1 is 1.75 bits per heavy atom. The number of hydrogen-bond acceptors (Lipinski definition) is 3. The summed E-state index contributed by atoms with van der Waals surface area (Å²) >= 11 is 1.66. The van der Waals surface area contributed by atoms with Crippen molar-refractivity contribution in [1.82, 2.24) is 10.2 Å². The fourth-order valence-electron chi connectivity index (χ4n) is 1.36. The first kappa shape index (κ1) is 7.67. The summed E-state index contributed by atoms with van der Waals surface area (Å²) < 4.78 is 0. The smallest absolute Gasteiger partial charge is 0.253 e. The number of fused-ring (bicyclic) bond motifs is 1. The zero-order valence-electron chi connectivity index (χ0n) is 6.27. The Morgan fingerprint density at radius 2 is 2.58 bits per heavy atom. The van der Waals surface area contributed by atoms with Crippen LogP contribution in [0, 0.1) is 0 Å². The van der Waals surface area contributed by atoms with Crippen LogP contribution in [0.25, 0.3) is 0 Å². The van der Waals surface area contributed by atoms with Crippen molar-refractivity contribution in [2.45, 2.75) is 11.4 Å². The number of thioether (sulfide) groups is 1. The molecule has 4 nitrogen and oxygen atoms in total. The third kappa shape index (κ3) is 0.929. The van der Waals surface area contributed by atoms with Gasteiger partial charge in [-0.15, -0.1) is 11.8 Å². The number of amides is 2. The average molecular weight is 184 g/mol. The maximum Gasteiger partial charge on any atom is 0.253 e. The van der Waals surface area contributed by atoms with E-state index in [0.29, 0.717) is 6.41 Å². The van der Waals surface area contributed by atoms with Gasteiger partial charge in [0.05, 0.1) is 0 Å². The highest BCUT2D eigenvalue weighted by Crippen LogP contribution is 2.32. The Labute approximate surface area is 74.0 Å². The number of rotatable bonds is 2. The van der Waals surface area contributed by atoms with Gasteiger partial charge in [-0.3, -0.25) is 9.59 Å². The lowest BCUT2D eigenvalue weighted by molar-refractivity contribution is -0.143. The maximum atomic E-state index is 11.2. The Balaban J connectivity index is 2.07. The van der Waals surface area contributed by atoms with Crippen molar-refractivity contribution in [3.05, 3.63) is 12.3 Å². The standard InChI is InChI=1S/C7H8N2O2S/c10-4-8-5-6(11)9-2-1-3-12-7(5)9/h1-2,4-5,7H,3H2,(H,8,10)/t5?,7-/m0/s1. The third-order valence-corrected chi connectivity index (χ3v) is 3.18. The fourth-order valence-corrected chi connectivity index (χ4v) is 2.48. The van der Waals surface area contributed by atoms with E-state index in [2.05, 4.69) is 5.32 Å². The summed E-state index contributed by atoms with van der Waals surface area (Å²) in [5.41, 5.74) is 0. The largest absolute Gasteiger partial charge is 0.344 e. The molecule has 2 heterocycles. The van der Waals surface area contributed by atoms with Gasteiger partial charge >= 0.3 is 0 Å². The van der Waals surface area contributed by atoms with E-state index in [1.807, 2.05) is 6.08 Å². The molecule has 0 aliphatic carbocycles. The minimum absolute atomic E-state index is 0.0180. The van der Waals surface area contributed by atoms with Crippen LogP contribution in [0.4, 0.5) is 0 Å². The van der Waals surface area contributed by atoms with Crippen LogP contribution >= 0.6 is 11.8 Å². The molecule has 0 saturated carbocycles. The first-order valence-corrected chi connectivity index (χ1v) is 4.69. The summed E-state index contributed by atoms with van der Waals surface area (Å²) in [5, 5.41) is 2.62. The molecule has 1 N–H and O–H groups in total. The molecule has 0 aromatic carbocycles. The van der Waals surface area contributed by atoms with E-state index in [4.69, 9.17) is 0 Å². The van der Waals surface area contributed by atoms with E-state index in [0.717, 1.165) is 5.75 Å². The van der Waals surface area contributed by atoms with Gasteiger partial charge in [-0.25, -0.2) is 0 Å². The molecule has 2 aliphatic heterocycles. The van der Waals surface area contributed by atoms with Crippen molar-refractivity contribution in [2.24, 2.45) is 0 Å². The van der Waals surface area contributed by atoms with Gasteiger partial charge in [0, 0.05) is 12.0 Å². The van der Waals surface area contributed by atoms with Crippen LogP contribution in [0.3, 0.4) is 0 Å². The molecule has 1 saturated heterocycles. The molecule has 0 spiro atoms. The fraction of sp³-hybridized carbons (Fsp3) is 0.429. The number of nitrogens with zero attached hydrogens (tertiary/aromatic N) is 1. The van der Waals surface area contributed by atoms with Crippen LogP contribution in [0.2, 0.25) is 0 Å². The number of β-lactam (4-membered cyclic amide) rings is 1. The number of carbonyl (C=O) groups is 2. The third-order valence-electron chi connectivity index (χ3n) is 1.96. The number of hydrogen-bond donors (Lipinski definition) is 1. The van der Waals surface area contributed by atoms with Gasteiger partial charge < -0.3 is 10.2 Å². The van der Waals surface area contributed by atoms with E-state index in [-0.39, 0.29) is 17.3 Å². The molecule has 12 heavy (non-hydrogen) atoms. The van der Waals surface area contributed by atoms with Crippen molar-refractivity contribution >= 4 is 24.1 Å². The quantitative estimate of drug-likeness (QED) is 0.466. The van der Waals surface area contributed by atoms with E-state index in [9.17, 15) is 9.59 Å². The molecule has 64 valence electrons. The second-order valence-electron chi connectivity index (χ2n) is 2.62. The normalized spacial score (nSPS) is 32.3. The molecule has 0 bridgehead atoms. The highest BCUT2D eigenvalue weighted by atomic mass is 32.2. The van der Waals surface area contributed by atoms with Crippen molar-refractivity contribution in [1.29, 1.82) is 0 Å². The van der Waals surface area contributed by atoms with Gasteiger partial charge in [0.15, 0.2) is 0 Å². The number of nitrogens with one attached hydrogen (secondary N) is 1. The van der Waals surface area contributed by atoms with Crippen LogP contribution in [-0.2, 0) is 9.59 Å². The second kappa shape index (κ2) is 2.82. The maximum absolute atomic E-state index is 11.2. The van der Waals surface area contributed by atoms with Crippen molar-refractivity contribution in [2.75, 3.05) is 5.75 Å². The number of carbonyl (C=O) groups excluding carboxylic acids is 2. The molecule has 1 unspecified atom stereocenters. The molecule has 0 aromatic heterocycles. The molecule has 2 aliphatic rings. The Hall–Kier alpha value is -0.970. The van der Waals surface area contributed by atoms with Gasteiger partial charge in [0.25, 0.3) is 5.91 Å². The van der Waals surface area contributed by atoms with Crippen LogP contribution in [0.5, 0.6) is 0 Å². The molecular weight excluding hydrogens is 176 g/mol. The summed E-state index contributed by atoms with van der Waals surface area (Å²) in [4.78, 5) is 23.0. The van der Waals surface area contributed by atoms with Crippen molar-refractivity contribution < 1.29 is 9.59 Å². The molecule has 0 aromatic rings. The predicted molar refractivity (Wildman–Crippen MR) is 45.2 cm³/mol. The van der Waals surface area contributed by atoms with E-state index >= 15 is 0 Å². The Bertz CT molecular complexity index is 254. The van der Waals surface area contributed by atoms with Crippen LogP contribution in [0.1, 0.15) is 0 Å². The molecule has 2 amide bonds. The van der Waals surface area contributed by atoms with E-state index in [1.165, 1.54) is 0 Å². The van der Waals surface area contributed by atoms with Crippen molar-refractivity contribution in [3.63, 3.8) is 0 Å². The SMILES string of the molecule is O=CNC1C(=O)N2C=CCS[C@@H]12. The Morgan fingerprint density at radius 3 is 3.33 bits per heavy atom. The van der Waals surface area contributed by atoms with Gasteiger partial charge in [-0.2, -0.15) is 0 Å². The lowest BCUT2D eigenvalue weighted by Crippen LogP contribution is -2.67. The summed E-state index contributed by atoms with van der Waals surface area (Å²) in [6, 6.07) is -0.308. The van der Waals surface area contributed by atoms with Crippen molar-refractivity contribution in [3.8, 4) is 0 Å². The topological polar surface area (TPSA) is 49.4 Å². The second-order valence-corrected chi connectivity index (χ2v) is 3.77. The Kier molecular flexibility index (Phi) is 1.80. The molecule has 5 heteroatoms. The molecule has 2 atom stereocenters. The highest BCUT2D eigenvalue weighted by Gasteiger charge is 2.47. The highest BCUT2D eigenvalue weighted by molar-refractivity contribution is 8.00. The molecule has 1 fully saturated rings. The molecule has 2 rings (SSSR count). The zero-order chi connectivity index (χ0) is 8.55. The summed E-state index contributed by atoms with van der Waals surface area (Å²) in [6.07, 6.45) is 4.31. The minimum Gasteiger partial charge on any atom is -0.344 e. The van der Waals surface area contributed by atoms with Gasteiger partial charge in [-0.1, -0.05) is 6.08 Å². The predicted octanol–water partition coefficient (Wildman–Crippen LogP) is -0.470. The average Bonchev–Trinajstić information content (AvgIpc) is 2.13. The van der Waals surface area contributed by atoms with Gasteiger partial charge in [0.1, 0.15) is 11.4 Å². The molecule has 0 radical (unpaired) electrons. The molecular formula is C7H8N2O2S. The van der Waals surface area contributed by atoms with Gasteiger partial charge in [-0.05, 0) is 0 Å². The minimum atomic E-state index is -0.308. The first-order chi connectivity index (χ1) is 5.84. The summed E-state index contributed by atoms with van der Waals surface area (Å²) in [5.74, 6) is 0.890. The van der Waals surface area contributed by atoms with Crippen LogP contribution < -0.4 is 5.32 Å². The zero-order valence-corrected chi connectivity index (χ0v) is 7.08. The van der Waals surface area contributed by atoms with Gasteiger partial charge in [0.2, 0.25) is 6.41 Å². The lowest BCUT2D eigenvalue weighted by Gasteiger charge is -2.45. The van der Waals surface area contributed by atoms with Crippen LogP contribution in [0.15, 0.2) is 12.3 Å². The van der Waals surface area contributed by atoms with E-state index < -0.39 is 0 Å². The first-order valence-electron chi connectivity index (χ1n) is 3.65. The van der Waals surface area contributed by atoms with E-state index in [1.54, 1.807) is 22.9 Å². The summed E-state index contributed by atoms with van der Waals surface area (Å²) in [6.45, 7) is 0. The summed E-state index contributed by atoms with van der Waals surface area (Å²) in [7, 11) is 0. The lowest BCUT2D eigenvalue weighted by atomic mass is 10.1. The van der Waals surface area contributed by atoms with Crippen LogP contribution in [-0.4, -0.2) is 34.4 Å².